The third-order valence-corrected chi connectivity index (χ3v) is 7.60. The second kappa shape index (κ2) is 9.32. The molecule has 1 saturated heterocycles. The van der Waals surface area contributed by atoms with Gasteiger partial charge in [0.15, 0.2) is 23.0 Å². The maximum Gasteiger partial charge on any atom is 0.197 e. The van der Waals surface area contributed by atoms with Crippen LogP contribution >= 0.6 is 0 Å². The number of sulfone groups is 1. The lowest BCUT2D eigenvalue weighted by molar-refractivity contribution is 0.270. The number of pyridine rings is 2. The van der Waals surface area contributed by atoms with Gasteiger partial charge in [-0.05, 0) is 17.5 Å². The minimum absolute atomic E-state index is 0.0313. The van der Waals surface area contributed by atoms with Crippen molar-refractivity contribution in [3.05, 3.63) is 36.2 Å². The number of aromatic nitrogens is 5. The Bertz CT molecular complexity index is 1520. The topological polar surface area (TPSA) is 109 Å². The number of H-pyrrole nitrogens is 1. The minimum Gasteiger partial charge on any atom is -0.493 e. The van der Waals surface area contributed by atoms with Crippen molar-refractivity contribution in [2.45, 2.75) is 19.8 Å². The van der Waals surface area contributed by atoms with E-state index in [1.165, 1.54) is 12.6 Å². The molecule has 0 saturated carbocycles. The lowest BCUT2D eigenvalue weighted by atomic mass is 9.96. The minimum atomic E-state index is -3.02. The number of hydrogen-bond donors (Lipinski definition) is 1. The number of rotatable bonds is 7. The molecule has 0 atom stereocenters. The first-order valence-electron chi connectivity index (χ1n) is 11.9. The van der Waals surface area contributed by atoms with Crippen LogP contribution in [0.2, 0.25) is 0 Å². The number of piperazine rings is 1. The maximum atomic E-state index is 16.1. The van der Waals surface area contributed by atoms with Crippen LogP contribution in [0.1, 0.15) is 25.3 Å². The molecule has 192 valence electrons. The van der Waals surface area contributed by atoms with Gasteiger partial charge in [0.05, 0.1) is 30.3 Å². The Morgan fingerprint density at radius 1 is 1.19 bits per heavy atom. The van der Waals surface area contributed by atoms with Crippen molar-refractivity contribution in [1.82, 2.24) is 29.5 Å². The van der Waals surface area contributed by atoms with Gasteiger partial charge in [0.2, 0.25) is 0 Å². The fourth-order valence-electron chi connectivity index (χ4n) is 4.85. The number of hydrogen-bond acceptors (Lipinski definition) is 8. The van der Waals surface area contributed by atoms with E-state index in [1.807, 2.05) is 31.0 Å². The Balaban J connectivity index is 1.51. The Kier molecular flexibility index (Phi) is 6.33. The molecule has 0 aromatic carbocycles. The lowest BCUT2D eigenvalue weighted by Crippen LogP contribution is -2.48. The smallest absolute Gasteiger partial charge is 0.197 e. The van der Waals surface area contributed by atoms with Gasteiger partial charge in [-0.25, -0.2) is 27.3 Å². The van der Waals surface area contributed by atoms with Crippen LogP contribution in [0.25, 0.3) is 27.8 Å². The molecule has 1 N–H and O–H groups in total. The molecule has 0 aliphatic carbocycles. The molecule has 1 fully saturated rings. The molecular weight excluding hydrogens is 485 g/mol. The van der Waals surface area contributed by atoms with Gasteiger partial charge in [-0.2, -0.15) is 5.10 Å². The van der Waals surface area contributed by atoms with Crippen LogP contribution in [0.15, 0.2) is 24.8 Å². The average Bonchev–Trinajstić information content (AvgIpc) is 3.47. The third-order valence-electron chi connectivity index (χ3n) is 6.68. The summed E-state index contributed by atoms with van der Waals surface area (Å²) in [6.45, 7) is 7.03. The first-order valence-corrected chi connectivity index (χ1v) is 13.9. The van der Waals surface area contributed by atoms with E-state index in [0.29, 0.717) is 60.8 Å². The number of methoxy groups -OCH3 is 1. The fourth-order valence-corrected chi connectivity index (χ4v) is 5.44. The molecule has 1 aliphatic rings. The second-order valence-electron chi connectivity index (χ2n) is 9.54. The SMILES string of the molecule is COc1cc(-c2[nH]c3cnc(N4CCN(CCS(C)(=O)=O)CC4)c(F)c3c2C(C)C)cn2ncnc12. The summed E-state index contributed by atoms with van der Waals surface area (Å²) in [6, 6.07) is 1.88. The van der Waals surface area contributed by atoms with Crippen molar-refractivity contribution >= 4 is 32.2 Å². The molecule has 12 heteroatoms. The van der Waals surface area contributed by atoms with Gasteiger partial charge in [0.1, 0.15) is 16.2 Å². The molecule has 0 unspecified atom stereocenters. The summed E-state index contributed by atoms with van der Waals surface area (Å²) in [5.41, 5.74) is 3.69. The average molecular weight is 516 g/mol. The van der Waals surface area contributed by atoms with E-state index in [0.717, 1.165) is 16.8 Å². The van der Waals surface area contributed by atoms with Crippen molar-refractivity contribution < 1.29 is 17.5 Å². The number of nitrogens with zero attached hydrogens (tertiary/aromatic N) is 6. The van der Waals surface area contributed by atoms with E-state index >= 15 is 4.39 Å². The van der Waals surface area contributed by atoms with E-state index in [4.69, 9.17) is 4.74 Å². The molecule has 5 heterocycles. The van der Waals surface area contributed by atoms with Crippen LogP contribution in [-0.2, 0) is 9.84 Å². The van der Waals surface area contributed by atoms with E-state index in [1.54, 1.807) is 17.8 Å². The standard InChI is InChI=1S/C24H30FN7O3S/c1-15(2)19-20-17(29-22(19)16-11-18(35-3)23-27-14-28-32(23)13-16)12-26-24(21(20)25)31-7-5-30(6-8-31)9-10-36(4,33)34/h11-15,29H,5-10H2,1-4H3. The molecule has 5 rings (SSSR count). The Labute approximate surface area is 209 Å². The highest BCUT2D eigenvalue weighted by molar-refractivity contribution is 7.90. The second-order valence-corrected chi connectivity index (χ2v) is 11.8. The predicted molar refractivity (Wildman–Crippen MR) is 137 cm³/mol. The molecule has 0 bridgehead atoms. The summed E-state index contributed by atoms with van der Waals surface area (Å²) < 4.78 is 46.2. The molecule has 4 aromatic rings. The summed E-state index contributed by atoms with van der Waals surface area (Å²) in [5, 5.41) is 4.78. The Hall–Kier alpha value is -3.25. The van der Waals surface area contributed by atoms with Crippen LogP contribution < -0.4 is 9.64 Å². The summed E-state index contributed by atoms with van der Waals surface area (Å²) in [6.07, 6.45) is 6.25. The third kappa shape index (κ3) is 4.50. The molecule has 1 aliphatic heterocycles. The summed E-state index contributed by atoms with van der Waals surface area (Å²) in [5.74, 6) is 0.704. The summed E-state index contributed by atoms with van der Waals surface area (Å²) in [4.78, 5) is 16.1. The van der Waals surface area contributed by atoms with Crippen molar-refractivity contribution in [3.8, 4) is 17.0 Å². The van der Waals surface area contributed by atoms with Gasteiger partial charge in [0, 0.05) is 56.1 Å². The first kappa shape index (κ1) is 24.4. The van der Waals surface area contributed by atoms with Crippen molar-refractivity contribution in [3.63, 3.8) is 0 Å². The Morgan fingerprint density at radius 3 is 2.61 bits per heavy atom. The monoisotopic (exact) mass is 515 g/mol. The quantitative estimate of drug-likeness (QED) is 0.400. The van der Waals surface area contributed by atoms with E-state index in [-0.39, 0.29) is 17.5 Å². The highest BCUT2D eigenvalue weighted by atomic mass is 32.2. The van der Waals surface area contributed by atoms with Crippen molar-refractivity contribution in [2.24, 2.45) is 0 Å². The first-order chi connectivity index (χ1) is 17.2. The molecule has 10 nitrogen and oxygen atoms in total. The van der Waals surface area contributed by atoms with Gasteiger partial charge in [-0.3, -0.25) is 4.90 Å². The molecule has 36 heavy (non-hydrogen) atoms. The number of halogens is 1. The van der Waals surface area contributed by atoms with Gasteiger partial charge in [-0.1, -0.05) is 13.8 Å². The van der Waals surface area contributed by atoms with Crippen LogP contribution in [-0.4, -0.2) is 89.7 Å². The van der Waals surface area contributed by atoms with Crippen LogP contribution in [0.4, 0.5) is 10.2 Å². The number of aromatic amines is 1. The van der Waals surface area contributed by atoms with E-state index in [9.17, 15) is 8.42 Å². The number of fused-ring (bicyclic) bond motifs is 2. The number of ether oxygens (including phenoxy) is 1. The maximum absolute atomic E-state index is 16.1. The zero-order valence-corrected chi connectivity index (χ0v) is 21.6. The summed E-state index contributed by atoms with van der Waals surface area (Å²) in [7, 11) is -1.43. The highest BCUT2D eigenvalue weighted by Crippen LogP contribution is 2.39. The van der Waals surface area contributed by atoms with Gasteiger partial charge < -0.3 is 14.6 Å². The molecule has 0 amide bonds. The molecule has 0 spiro atoms. The van der Waals surface area contributed by atoms with Crippen molar-refractivity contribution in [2.75, 3.05) is 56.7 Å². The number of nitrogens with one attached hydrogen (secondary N) is 1. The summed E-state index contributed by atoms with van der Waals surface area (Å²) >= 11 is 0. The van der Waals surface area contributed by atoms with Gasteiger partial charge in [-0.15, -0.1) is 0 Å². The fraction of sp³-hybridized carbons (Fsp3) is 0.458. The van der Waals surface area contributed by atoms with Crippen LogP contribution in [0, 0.1) is 5.82 Å². The lowest BCUT2D eigenvalue weighted by Gasteiger charge is -2.35. The van der Waals surface area contributed by atoms with E-state index in [2.05, 4.69) is 25.0 Å². The molecule has 4 aromatic heterocycles. The van der Waals surface area contributed by atoms with Crippen molar-refractivity contribution in [1.29, 1.82) is 0 Å². The van der Waals surface area contributed by atoms with Gasteiger partial charge in [0.25, 0.3) is 0 Å². The number of anilines is 1. The van der Waals surface area contributed by atoms with E-state index < -0.39 is 9.84 Å². The molecular formula is C24H30FN7O3S. The highest BCUT2D eigenvalue weighted by Gasteiger charge is 2.26. The Morgan fingerprint density at radius 2 is 1.94 bits per heavy atom. The van der Waals surface area contributed by atoms with Crippen LogP contribution in [0.3, 0.4) is 0 Å². The van der Waals surface area contributed by atoms with Crippen LogP contribution in [0.5, 0.6) is 5.75 Å². The van der Waals surface area contributed by atoms with Gasteiger partial charge >= 0.3 is 0 Å². The zero-order chi connectivity index (χ0) is 25.6. The largest absolute Gasteiger partial charge is 0.493 e. The predicted octanol–water partition coefficient (Wildman–Crippen LogP) is 2.71. The normalized spacial score (nSPS) is 15.4. The zero-order valence-electron chi connectivity index (χ0n) is 20.8. The molecule has 0 radical (unpaired) electrons.